The van der Waals surface area contributed by atoms with Crippen LogP contribution in [0.3, 0.4) is 0 Å². The maximum atomic E-state index is 11.7. The summed E-state index contributed by atoms with van der Waals surface area (Å²) < 4.78 is 0. The summed E-state index contributed by atoms with van der Waals surface area (Å²) in [5.41, 5.74) is 1.77. The first-order valence-electron chi connectivity index (χ1n) is 6.57. The number of urea groups is 1. The molecule has 0 bridgehead atoms. The summed E-state index contributed by atoms with van der Waals surface area (Å²) in [6.07, 6.45) is 2.08. The Kier molecular flexibility index (Phi) is 5.96. The molecule has 0 saturated carbocycles. The number of nitrogens with zero attached hydrogens (tertiary/aromatic N) is 1. The van der Waals surface area contributed by atoms with E-state index in [9.17, 15) is 9.59 Å². The monoisotopic (exact) mass is 279 g/mol. The molecule has 0 aromatic carbocycles. The van der Waals surface area contributed by atoms with Gasteiger partial charge in [0, 0.05) is 18.4 Å². The molecule has 0 fully saturated rings. The van der Waals surface area contributed by atoms with Crippen LogP contribution in [0.4, 0.5) is 4.79 Å². The predicted octanol–water partition coefficient (Wildman–Crippen LogP) is 1.69. The molecule has 0 saturated heterocycles. The zero-order valence-electron chi connectivity index (χ0n) is 12.0. The van der Waals surface area contributed by atoms with Gasteiger partial charge in [0.15, 0.2) is 0 Å². The SMILES string of the molecule is Cc1ccc(CNC(=O)NC(CC(C)C)C(=O)O)cn1. The van der Waals surface area contributed by atoms with Gasteiger partial charge in [0.25, 0.3) is 0 Å². The van der Waals surface area contributed by atoms with Crippen LogP contribution < -0.4 is 10.6 Å². The molecule has 1 aromatic rings. The molecule has 20 heavy (non-hydrogen) atoms. The molecule has 1 heterocycles. The van der Waals surface area contributed by atoms with Crippen molar-refractivity contribution in [2.45, 2.75) is 39.8 Å². The normalized spacial score (nSPS) is 12.0. The van der Waals surface area contributed by atoms with Gasteiger partial charge in [0.1, 0.15) is 6.04 Å². The van der Waals surface area contributed by atoms with Gasteiger partial charge in [-0.25, -0.2) is 9.59 Å². The van der Waals surface area contributed by atoms with E-state index in [1.807, 2.05) is 32.9 Å². The first-order valence-corrected chi connectivity index (χ1v) is 6.57. The zero-order valence-corrected chi connectivity index (χ0v) is 12.0. The molecule has 2 amide bonds. The minimum absolute atomic E-state index is 0.192. The number of nitrogens with one attached hydrogen (secondary N) is 2. The molecule has 6 nitrogen and oxygen atoms in total. The van der Waals surface area contributed by atoms with Gasteiger partial charge in [0.05, 0.1) is 0 Å². The van der Waals surface area contributed by atoms with Crippen molar-refractivity contribution in [2.75, 3.05) is 0 Å². The largest absolute Gasteiger partial charge is 0.480 e. The van der Waals surface area contributed by atoms with E-state index in [0.717, 1.165) is 11.3 Å². The molecular formula is C14H21N3O3. The van der Waals surface area contributed by atoms with Gasteiger partial charge in [-0.2, -0.15) is 0 Å². The van der Waals surface area contributed by atoms with E-state index in [1.165, 1.54) is 0 Å². The van der Waals surface area contributed by atoms with Gasteiger partial charge in [-0.1, -0.05) is 19.9 Å². The summed E-state index contributed by atoms with van der Waals surface area (Å²) in [5.74, 6) is -0.830. The molecule has 0 aliphatic heterocycles. The van der Waals surface area contributed by atoms with Gasteiger partial charge < -0.3 is 15.7 Å². The number of pyridine rings is 1. The molecule has 0 radical (unpaired) electrons. The summed E-state index contributed by atoms with van der Waals surface area (Å²) >= 11 is 0. The van der Waals surface area contributed by atoms with Crippen molar-refractivity contribution >= 4 is 12.0 Å². The molecule has 1 unspecified atom stereocenters. The van der Waals surface area contributed by atoms with Crippen LogP contribution >= 0.6 is 0 Å². The Bertz CT molecular complexity index is 457. The zero-order chi connectivity index (χ0) is 15.1. The van der Waals surface area contributed by atoms with Crippen LogP contribution in [0.1, 0.15) is 31.5 Å². The standard InChI is InChI=1S/C14H21N3O3/c1-9(2)6-12(13(18)19)17-14(20)16-8-11-5-4-10(3)15-7-11/h4-5,7,9,12H,6,8H2,1-3H3,(H,18,19)(H2,16,17,20). The lowest BCUT2D eigenvalue weighted by Crippen LogP contribution is -2.46. The van der Waals surface area contributed by atoms with Crippen molar-refractivity contribution in [3.63, 3.8) is 0 Å². The molecule has 3 N–H and O–H groups in total. The second-order valence-corrected chi connectivity index (χ2v) is 5.16. The second-order valence-electron chi connectivity index (χ2n) is 5.16. The van der Waals surface area contributed by atoms with E-state index in [1.54, 1.807) is 6.20 Å². The minimum atomic E-state index is -1.02. The Morgan fingerprint density at radius 2 is 2.05 bits per heavy atom. The molecule has 110 valence electrons. The number of aromatic nitrogens is 1. The number of hydrogen-bond donors (Lipinski definition) is 3. The third-order valence-electron chi connectivity index (χ3n) is 2.74. The lowest BCUT2D eigenvalue weighted by Gasteiger charge is -2.16. The highest BCUT2D eigenvalue weighted by Crippen LogP contribution is 2.05. The Morgan fingerprint density at radius 1 is 1.35 bits per heavy atom. The smallest absolute Gasteiger partial charge is 0.326 e. The third-order valence-corrected chi connectivity index (χ3v) is 2.74. The van der Waals surface area contributed by atoms with Crippen molar-refractivity contribution < 1.29 is 14.7 Å². The van der Waals surface area contributed by atoms with Crippen molar-refractivity contribution in [1.29, 1.82) is 0 Å². The van der Waals surface area contributed by atoms with Gasteiger partial charge in [-0.15, -0.1) is 0 Å². The maximum absolute atomic E-state index is 11.7. The van der Waals surface area contributed by atoms with Crippen LogP contribution in [0.5, 0.6) is 0 Å². The molecule has 6 heteroatoms. The summed E-state index contributed by atoms with van der Waals surface area (Å²) in [6, 6.07) is 2.36. The summed E-state index contributed by atoms with van der Waals surface area (Å²) in [6.45, 7) is 6.02. The molecule has 0 spiro atoms. The van der Waals surface area contributed by atoms with E-state index in [4.69, 9.17) is 5.11 Å². The molecule has 0 aliphatic rings. The number of aryl methyl sites for hydroxylation is 1. The minimum Gasteiger partial charge on any atom is -0.480 e. The Hall–Kier alpha value is -2.11. The van der Waals surface area contributed by atoms with Gasteiger partial charge in [-0.05, 0) is 30.9 Å². The number of aliphatic carboxylic acids is 1. The number of carbonyl (C=O) groups is 2. The van der Waals surface area contributed by atoms with Crippen LogP contribution in [-0.4, -0.2) is 28.1 Å². The van der Waals surface area contributed by atoms with E-state index in [0.29, 0.717) is 13.0 Å². The molecular weight excluding hydrogens is 258 g/mol. The fourth-order valence-corrected chi connectivity index (χ4v) is 1.69. The number of amides is 2. The topological polar surface area (TPSA) is 91.3 Å². The van der Waals surface area contributed by atoms with E-state index < -0.39 is 18.0 Å². The van der Waals surface area contributed by atoms with Crippen molar-refractivity contribution in [3.05, 3.63) is 29.6 Å². The highest BCUT2D eigenvalue weighted by Gasteiger charge is 2.20. The third kappa shape index (κ3) is 5.69. The molecule has 1 atom stereocenters. The molecule has 0 aliphatic carbocycles. The first kappa shape index (κ1) is 15.9. The highest BCUT2D eigenvalue weighted by molar-refractivity contribution is 5.82. The maximum Gasteiger partial charge on any atom is 0.326 e. The molecule has 1 aromatic heterocycles. The Morgan fingerprint density at radius 3 is 2.55 bits per heavy atom. The van der Waals surface area contributed by atoms with Crippen LogP contribution in [0.15, 0.2) is 18.3 Å². The average molecular weight is 279 g/mol. The summed E-state index contributed by atoms with van der Waals surface area (Å²) in [4.78, 5) is 26.8. The van der Waals surface area contributed by atoms with Crippen molar-refractivity contribution in [3.8, 4) is 0 Å². The fourth-order valence-electron chi connectivity index (χ4n) is 1.69. The Balaban J connectivity index is 2.45. The number of carboxylic acid groups (broad SMARTS) is 1. The van der Waals surface area contributed by atoms with Crippen LogP contribution in [-0.2, 0) is 11.3 Å². The number of hydrogen-bond acceptors (Lipinski definition) is 3. The van der Waals surface area contributed by atoms with E-state index in [2.05, 4.69) is 15.6 Å². The summed E-state index contributed by atoms with van der Waals surface area (Å²) in [5, 5.41) is 14.1. The van der Waals surface area contributed by atoms with Crippen LogP contribution in [0.25, 0.3) is 0 Å². The predicted molar refractivity (Wildman–Crippen MR) is 75.2 cm³/mol. The van der Waals surface area contributed by atoms with Gasteiger partial charge in [-0.3, -0.25) is 4.98 Å². The number of carbonyl (C=O) groups excluding carboxylic acids is 1. The average Bonchev–Trinajstić information content (AvgIpc) is 2.36. The molecule has 1 rings (SSSR count). The first-order chi connectivity index (χ1) is 9.38. The second kappa shape index (κ2) is 7.47. The number of rotatable bonds is 6. The highest BCUT2D eigenvalue weighted by atomic mass is 16.4. The van der Waals surface area contributed by atoms with Gasteiger partial charge >= 0.3 is 12.0 Å². The van der Waals surface area contributed by atoms with Crippen molar-refractivity contribution in [1.82, 2.24) is 15.6 Å². The fraction of sp³-hybridized carbons (Fsp3) is 0.500. The van der Waals surface area contributed by atoms with E-state index in [-0.39, 0.29) is 5.92 Å². The quantitative estimate of drug-likeness (QED) is 0.739. The van der Waals surface area contributed by atoms with Crippen LogP contribution in [0, 0.1) is 12.8 Å². The van der Waals surface area contributed by atoms with Gasteiger partial charge in [0.2, 0.25) is 0 Å². The Labute approximate surface area is 118 Å². The van der Waals surface area contributed by atoms with E-state index >= 15 is 0 Å². The van der Waals surface area contributed by atoms with Crippen molar-refractivity contribution in [2.24, 2.45) is 5.92 Å². The lowest BCUT2D eigenvalue weighted by molar-refractivity contribution is -0.139. The number of carboxylic acids is 1. The summed E-state index contributed by atoms with van der Waals surface area (Å²) in [7, 11) is 0. The van der Waals surface area contributed by atoms with Crippen LogP contribution in [0.2, 0.25) is 0 Å². The lowest BCUT2D eigenvalue weighted by atomic mass is 10.0.